The molecule has 5 nitrogen and oxygen atoms in total. The van der Waals surface area contributed by atoms with Gasteiger partial charge in [-0.15, -0.1) is 0 Å². The van der Waals surface area contributed by atoms with E-state index in [1.807, 2.05) is 30.0 Å². The maximum absolute atomic E-state index is 12.9. The third-order valence-electron chi connectivity index (χ3n) is 4.21. The van der Waals surface area contributed by atoms with Gasteiger partial charge in [-0.05, 0) is 42.7 Å². The highest BCUT2D eigenvalue weighted by atomic mass is 16.5. The van der Waals surface area contributed by atoms with Crippen LogP contribution >= 0.6 is 0 Å². The van der Waals surface area contributed by atoms with Gasteiger partial charge in [0.25, 0.3) is 5.91 Å². The summed E-state index contributed by atoms with van der Waals surface area (Å²) in [4.78, 5) is 25.3. The van der Waals surface area contributed by atoms with Gasteiger partial charge in [-0.25, -0.2) is 4.79 Å². The molecule has 0 radical (unpaired) electrons. The molecular weight excluding hydrogens is 306 g/mol. The van der Waals surface area contributed by atoms with Crippen LogP contribution in [-0.2, 0) is 17.8 Å². The molecule has 124 valence electrons. The number of ether oxygens (including phenoxy) is 1. The van der Waals surface area contributed by atoms with E-state index >= 15 is 0 Å². The Morgan fingerprint density at radius 1 is 1.17 bits per heavy atom. The van der Waals surface area contributed by atoms with Crippen LogP contribution in [0.2, 0.25) is 0 Å². The zero-order valence-corrected chi connectivity index (χ0v) is 13.4. The number of nitrogens with zero attached hydrogens (tertiary/aromatic N) is 1. The van der Waals surface area contributed by atoms with Crippen LogP contribution in [0.1, 0.15) is 28.4 Å². The predicted molar refractivity (Wildman–Crippen MR) is 89.1 cm³/mol. The summed E-state index contributed by atoms with van der Waals surface area (Å²) in [5.74, 6) is -0.737. The molecule has 0 aromatic heterocycles. The molecule has 2 aromatic rings. The number of fused-ring (bicyclic) bond motifs is 1. The molecule has 24 heavy (non-hydrogen) atoms. The minimum atomic E-state index is -1.05. The van der Waals surface area contributed by atoms with Crippen LogP contribution in [0, 0.1) is 0 Å². The summed E-state index contributed by atoms with van der Waals surface area (Å²) in [5.41, 5.74) is 2.96. The molecule has 1 N–H and O–H groups in total. The Balaban J connectivity index is 1.79. The normalized spacial score (nSPS) is 16.4. The number of carbonyl (C=O) groups is 2. The number of aliphatic carboxylic acids is 1. The highest BCUT2D eigenvalue weighted by molar-refractivity contribution is 5.95. The number of carbonyl (C=O) groups excluding carboxylic acids is 1. The molecule has 1 heterocycles. The van der Waals surface area contributed by atoms with Crippen molar-refractivity contribution < 1.29 is 19.4 Å². The third kappa shape index (κ3) is 3.40. The average Bonchev–Trinajstić information content (AvgIpc) is 2.59. The van der Waals surface area contributed by atoms with Gasteiger partial charge in [0.05, 0.1) is 0 Å². The lowest BCUT2D eigenvalue weighted by Gasteiger charge is -2.35. The smallest absolute Gasteiger partial charge is 0.341 e. The largest absolute Gasteiger partial charge is 0.482 e. The van der Waals surface area contributed by atoms with Gasteiger partial charge in [0, 0.05) is 18.2 Å². The van der Waals surface area contributed by atoms with Crippen LogP contribution in [0.4, 0.5) is 0 Å². The van der Waals surface area contributed by atoms with Gasteiger partial charge in [-0.2, -0.15) is 0 Å². The maximum Gasteiger partial charge on any atom is 0.341 e. The van der Waals surface area contributed by atoms with Crippen LogP contribution in [0.5, 0.6) is 5.75 Å². The molecule has 1 aliphatic heterocycles. The molecule has 0 fully saturated rings. The monoisotopic (exact) mass is 325 g/mol. The van der Waals surface area contributed by atoms with Crippen molar-refractivity contribution in [2.45, 2.75) is 25.9 Å². The lowest BCUT2D eigenvalue weighted by Crippen LogP contribution is -2.42. The molecule has 5 heteroatoms. The lowest BCUT2D eigenvalue weighted by atomic mass is 9.94. The minimum Gasteiger partial charge on any atom is -0.482 e. The first-order valence-electron chi connectivity index (χ1n) is 7.87. The van der Waals surface area contributed by atoms with Crippen molar-refractivity contribution in [2.75, 3.05) is 6.61 Å². The summed E-state index contributed by atoms with van der Waals surface area (Å²) in [5, 5.41) is 8.68. The van der Waals surface area contributed by atoms with Crippen molar-refractivity contribution in [2.24, 2.45) is 0 Å². The first kappa shape index (κ1) is 16.1. The van der Waals surface area contributed by atoms with Gasteiger partial charge in [0.15, 0.2) is 6.61 Å². The standard InChI is InChI=1S/C19H19NO4/c1-13-9-14-5-2-3-6-16(14)11-20(13)19(23)15-7-4-8-17(10-15)24-12-18(21)22/h2-8,10,13H,9,11-12H2,1H3,(H,21,22). The highest BCUT2D eigenvalue weighted by Crippen LogP contribution is 2.25. The fourth-order valence-electron chi connectivity index (χ4n) is 2.98. The Morgan fingerprint density at radius 3 is 2.67 bits per heavy atom. The average molecular weight is 325 g/mol. The number of hydrogen-bond donors (Lipinski definition) is 1. The second kappa shape index (κ2) is 6.74. The van der Waals surface area contributed by atoms with Crippen LogP contribution in [0.15, 0.2) is 48.5 Å². The van der Waals surface area contributed by atoms with Crippen LogP contribution in [0.3, 0.4) is 0 Å². The topological polar surface area (TPSA) is 66.8 Å². The number of rotatable bonds is 4. The summed E-state index contributed by atoms with van der Waals surface area (Å²) >= 11 is 0. The Kier molecular flexibility index (Phi) is 4.51. The molecule has 0 bridgehead atoms. The molecule has 0 saturated heterocycles. The van der Waals surface area contributed by atoms with Gasteiger partial charge in [-0.1, -0.05) is 30.3 Å². The van der Waals surface area contributed by atoms with Gasteiger partial charge in [0.2, 0.25) is 0 Å². The molecule has 1 unspecified atom stereocenters. The van der Waals surface area contributed by atoms with Crippen molar-refractivity contribution in [3.05, 3.63) is 65.2 Å². The predicted octanol–water partition coefficient (Wildman–Crippen LogP) is 2.74. The van der Waals surface area contributed by atoms with Gasteiger partial charge in [0.1, 0.15) is 5.75 Å². The summed E-state index contributed by atoms with van der Waals surface area (Å²) in [6.07, 6.45) is 0.830. The molecule has 0 saturated carbocycles. The van der Waals surface area contributed by atoms with Crippen molar-refractivity contribution in [3.63, 3.8) is 0 Å². The first-order valence-corrected chi connectivity index (χ1v) is 7.87. The molecule has 1 atom stereocenters. The van der Waals surface area contributed by atoms with E-state index in [2.05, 4.69) is 6.07 Å². The molecule has 0 spiro atoms. The summed E-state index contributed by atoms with van der Waals surface area (Å²) < 4.78 is 5.16. The van der Waals surface area contributed by atoms with E-state index < -0.39 is 12.6 Å². The van der Waals surface area contributed by atoms with E-state index in [1.165, 1.54) is 11.1 Å². The number of carboxylic acids is 1. The van der Waals surface area contributed by atoms with E-state index in [1.54, 1.807) is 24.3 Å². The SMILES string of the molecule is CC1Cc2ccccc2CN1C(=O)c1cccc(OCC(=O)O)c1. The minimum absolute atomic E-state index is 0.0715. The fourth-order valence-corrected chi connectivity index (χ4v) is 2.98. The number of hydrogen-bond acceptors (Lipinski definition) is 3. The number of amides is 1. The van der Waals surface area contributed by atoms with Gasteiger partial charge in [-0.3, -0.25) is 4.79 Å². The van der Waals surface area contributed by atoms with Crippen molar-refractivity contribution >= 4 is 11.9 Å². The van der Waals surface area contributed by atoms with Crippen molar-refractivity contribution in [3.8, 4) is 5.75 Å². The Morgan fingerprint density at radius 2 is 1.92 bits per heavy atom. The van der Waals surface area contributed by atoms with Crippen molar-refractivity contribution in [1.82, 2.24) is 4.90 Å². The van der Waals surface area contributed by atoms with Crippen LogP contribution in [-0.4, -0.2) is 34.5 Å². The summed E-state index contributed by atoms with van der Waals surface area (Å²) in [6.45, 7) is 2.19. The molecule has 0 aliphatic carbocycles. The van der Waals surface area contributed by atoms with E-state index in [0.717, 1.165) is 6.42 Å². The number of carboxylic acid groups (broad SMARTS) is 1. The Labute approximate surface area is 140 Å². The fraction of sp³-hybridized carbons (Fsp3) is 0.263. The Hall–Kier alpha value is -2.82. The second-order valence-corrected chi connectivity index (χ2v) is 5.97. The summed E-state index contributed by atoms with van der Waals surface area (Å²) in [7, 11) is 0. The first-order chi connectivity index (χ1) is 11.5. The molecule has 1 amide bonds. The zero-order valence-electron chi connectivity index (χ0n) is 13.4. The van der Waals surface area contributed by atoms with Crippen LogP contribution in [0.25, 0.3) is 0 Å². The molecule has 1 aliphatic rings. The molecule has 3 rings (SSSR count). The van der Waals surface area contributed by atoms with Gasteiger partial charge < -0.3 is 14.7 Å². The Bertz CT molecular complexity index is 771. The maximum atomic E-state index is 12.9. The number of benzene rings is 2. The zero-order chi connectivity index (χ0) is 17.1. The second-order valence-electron chi connectivity index (χ2n) is 5.97. The van der Waals surface area contributed by atoms with Gasteiger partial charge >= 0.3 is 5.97 Å². The van der Waals surface area contributed by atoms with E-state index in [0.29, 0.717) is 17.9 Å². The van der Waals surface area contributed by atoms with E-state index in [-0.39, 0.29) is 11.9 Å². The summed E-state index contributed by atoms with van der Waals surface area (Å²) in [6, 6.07) is 14.9. The van der Waals surface area contributed by atoms with Crippen LogP contribution < -0.4 is 4.74 Å². The lowest BCUT2D eigenvalue weighted by molar-refractivity contribution is -0.139. The third-order valence-corrected chi connectivity index (χ3v) is 4.21. The molecular formula is C19H19NO4. The molecule has 2 aromatic carbocycles. The highest BCUT2D eigenvalue weighted by Gasteiger charge is 2.27. The van der Waals surface area contributed by atoms with E-state index in [4.69, 9.17) is 9.84 Å². The quantitative estimate of drug-likeness (QED) is 0.938. The van der Waals surface area contributed by atoms with E-state index in [9.17, 15) is 9.59 Å². The van der Waals surface area contributed by atoms with Crippen molar-refractivity contribution in [1.29, 1.82) is 0 Å².